The first-order valence-electron chi connectivity index (χ1n) is 8.32. The Kier molecular flexibility index (Phi) is 4.41. The van der Waals surface area contributed by atoms with Crippen LogP contribution in [-0.2, 0) is 0 Å². The minimum atomic E-state index is -0.493. The monoisotopic (exact) mass is 370 g/mol. The maximum Gasteiger partial charge on any atom is 0.415 e. The van der Waals surface area contributed by atoms with Crippen LogP contribution in [0.1, 0.15) is 10.7 Å². The molecular weight excluding hydrogens is 355 g/mol. The van der Waals surface area contributed by atoms with Crippen molar-refractivity contribution in [2.24, 2.45) is 0 Å². The zero-order valence-corrected chi connectivity index (χ0v) is 14.2. The second-order valence-electron chi connectivity index (χ2n) is 5.97. The van der Waals surface area contributed by atoms with Gasteiger partial charge in [-0.3, -0.25) is 9.78 Å². The van der Waals surface area contributed by atoms with Gasteiger partial charge in [0.2, 0.25) is 0 Å². The van der Waals surface area contributed by atoms with E-state index in [0.717, 1.165) is 0 Å². The number of piperazine rings is 1. The molecule has 3 heterocycles. The number of halogens is 1. The number of fused-ring (bicyclic) bond motifs is 1. The minimum Gasteiger partial charge on any atom is -0.432 e. The Labute approximate surface area is 153 Å². The van der Waals surface area contributed by atoms with Crippen LogP contribution in [0.25, 0.3) is 11.1 Å². The Bertz CT molecular complexity index is 983. The van der Waals surface area contributed by atoms with Crippen LogP contribution in [0.2, 0.25) is 0 Å². The topological polar surface area (TPSA) is 88.8 Å². The molecule has 0 bridgehead atoms. The van der Waals surface area contributed by atoms with Crippen LogP contribution in [0, 0.1) is 5.82 Å². The number of rotatable bonds is 2. The fourth-order valence-corrected chi connectivity index (χ4v) is 2.79. The van der Waals surface area contributed by atoms with Gasteiger partial charge in [-0.1, -0.05) is 0 Å². The smallest absolute Gasteiger partial charge is 0.415 e. The summed E-state index contributed by atoms with van der Waals surface area (Å²) in [4.78, 5) is 35.7. The predicted octanol–water partition coefficient (Wildman–Crippen LogP) is 2.32. The second-order valence-corrected chi connectivity index (χ2v) is 5.97. The Morgan fingerprint density at radius 1 is 1.11 bits per heavy atom. The first-order chi connectivity index (χ1) is 13.1. The highest BCUT2D eigenvalue weighted by molar-refractivity contribution is 5.92. The van der Waals surface area contributed by atoms with Crippen LogP contribution < -0.4 is 4.74 Å². The Morgan fingerprint density at radius 2 is 1.89 bits per heavy atom. The fourth-order valence-electron chi connectivity index (χ4n) is 2.79. The largest absolute Gasteiger partial charge is 0.432 e. The van der Waals surface area contributed by atoms with Crippen molar-refractivity contribution in [3.05, 3.63) is 54.4 Å². The first-order valence-corrected chi connectivity index (χ1v) is 8.32. The van der Waals surface area contributed by atoms with Crippen LogP contribution in [0.15, 0.2) is 47.1 Å². The lowest BCUT2D eigenvalue weighted by molar-refractivity contribution is 0.0599. The molecule has 0 atom stereocenters. The molecule has 4 rings (SSSR count). The van der Waals surface area contributed by atoms with E-state index in [1.807, 2.05) is 0 Å². The third kappa shape index (κ3) is 3.57. The summed E-state index contributed by atoms with van der Waals surface area (Å²) in [6, 6.07) is 7.20. The third-order valence-corrected chi connectivity index (χ3v) is 4.20. The predicted molar refractivity (Wildman–Crippen MR) is 91.7 cm³/mol. The molecule has 0 radical (unpaired) electrons. The van der Waals surface area contributed by atoms with Gasteiger partial charge in [0.15, 0.2) is 11.3 Å². The zero-order valence-electron chi connectivity index (χ0n) is 14.2. The molecule has 1 aliphatic heterocycles. The summed E-state index contributed by atoms with van der Waals surface area (Å²) in [5, 5.41) is 0. The van der Waals surface area contributed by atoms with Crippen LogP contribution in [0.3, 0.4) is 0 Å². The molecule has 2 aromatic heterocycles. The van der Waals surface area contributed by atoms with E-state index >= 15 is 0 Å². The van der Waals surface area contributed by atoms with Gasteiger partial charge in [-0.05, 0) is 24.3 Å². The normalized spacial score (nSPS) is 14.4. The summed E-state index contributed by atoms with van der Waals surface area (Å²) in [6.07, 6.45) is 2.54. The molecule has 1 fully saturated rings. The Hall–Kier alpha value is -3.49. The molecule has 138 valence electrons. The standard InChI is InChI=1S/C18H15FN4O4/c19-12-3-4-15-14(10-12)21-16(27-15)17(24)22-6-8-23(9-7-22)18(25)26-13-2-1-5-20-11-13/h1-5,10-11H,6-9H2. The molecule has 9 heteroatoms. The number of carbonyl (C=O) groups excluding carboxylic acids is 2. The highest BCUT2D eigenvalue weighted by Crippen LogP contribution is 2.18. The average molecular weight is 370 g/mol. The van der Waals surface area contributed by atoms with Gasteiger partial charge in [0.25, 0.3) is 5.89 Å². The van der Waals surface area contributed by atoms with E-state index < -0.39 is 17.8 Å². The average Bonchev–Trinajstić information content (AvgIpc) is 3.11. The van der Waals surface area contributed by atoms with Crippen LogP contribution in [-0.4, -0.2) is 57.9 Å². The van der Waals surface area contributed by atoms with Crippen molar-refractivity contribution in [3.63, 3.8) is 0 Å². The molecule has 0 saturated carbocycles. The summed E-state index contributed by atoms with van der Waals surface area (Å²) in [5.41, 5.74) is 0.635. The van der Waals surface area contributed by atoms with E-state index in [9.17, 15) is 14.0 Å². The molecule has 0 unspecified atom stereocenters. The summed E-state index contributed by atoms with van der Waals surface area (Å²) < 4.78 is 23.9. The highest BCUT2D eigenvalue weighted by atomic mass is 19.1. The third-order valence-electron chi connectivity index (χ3n) is 4.20. The van der Waals surface area contributed by atoms with E-state index in [1.165, 1.54) is 34.2 Å². The number of aromatic nitrogens is 2. The summed E-state index contributed by atoms with van der Waals surface area (Å²) in [6.45, 7) is 1.27. The number of carbonyl (C=O) groups is 2. The van der Waals surface area contributed by atoms with Crippen molar-refractivity contribution in [3.8, 4) is 5.75 Å². The van der Waals surface area contributed by atoms with E-state index in [2.05, 4.69) is 9.97 Å². The Morgan fingerprint density at radius 3 is 2.63 bits per heavy atom. The molecular formula is C18H15FN4O4. The van der Waals surface area contributed by atoms with Crippen molar-refractivity contribution in [2.75, 3.05) is 26.2 Å². The fraction of sp³-hybridized carbons (Fsp3) is 0.222. The second kappa shape index (κ2) is 7.02. The lowest BCUT2D eigenvalue weighted by Crippen LogP contribution is -2.51. The highest BCUT2D eigenvalue weighted by Gasteiger charge is 2.28. The number of benzene rings is 1. The lowest BCUT2D eigenvalue weighted by atomic mass is 10.3. The summed E-state index contributed by atoms with van der Waals surface area (Å²) in [5.74, 6) is -0.580. The van der Waals surface area contributed by atoms with E-state index in [0.29, 0.717) is 37.5 Å². The van der Waals surface area contributed by atoms with E-state index in [4.69, 9.17) is 9.15 Å². The van der Waals surface area contributed by atoms with Crippen LogP contribution >= 0.6 is 0 Å². The molecule has 1 saturated heterocycles. The van der Waals surface area contributed by atoms with Gasteiger partial charge in [0.1, 0.15) is 11.3 Å². The van der Waals surface area contributed by atoms with Gasteiger partial charge in [-0.2, -0.15) is 0 Å². The van der Waals surface area contributed by atoms with Crippen LogP contribution in [0.4, 0.5) is 9.18 Å². The van der Waals surface area contributed by atoms with Crippen molar-refractivity contribution in [1.29, 1.82) is 0 Å². The van der Waals surface area contributed by atoms with Crippen molar-refractivity contribution >= 4 is 23.1 Å². The molecule has 1 aliphatic rings. The first kappa shape index (κ1) is 17.0. The molecule has 2 amide bonds. The number of ether oxygens (including phenoxy) is 1. The lowest BCUT2D eigenvalue weighted by Gasteiger charge is -2.33. The number of nitrogens with zero attached hydrogens (tertiary/aromatic N) is 4. The molecule has 27 heavy (non-hydrogen) atoms. The number of pyridine rings is 1. The maximum absolute atomic E-state index is 13.2. The van der Waals surface area contributed by atoms with Crippen molar-refractivity contribution in [2.45, 2.75) is 0 Å². The quantitative estimate of drug-likeness (QED) is 0.688. The number of hydrogen-bond acceptors (Lipinski definition) is 6. The van der Waals surface area contributed by atoms with Gasteiger partial charge in [0.05, 0.1) is 6.20 Å². The van der Waals surface area contributed by atoms with Crippen LogP contribution in [0.5, 0.6) is 5.75 Å². The molecule has 0 aliphatic carbocycles. The zero-order chi connectivity index (χ0) is 18.8. The molecule has 3 aromatic rings. The van der Waals surface area contributed by atoms with Gasteiger partial charge in [-0.15, -0.1) is 0 Å². The SMILES string of the molecule is O=C(Oc1cccnc1)N1CCN(C(=O)c2nc3cc(F)ccc3o2)CC1. The van der Waals surface area contributed by atoms with E-state index in [1.54, 1.807) is 18.3 Å². The Balaban J connectivity index is 1.38. The summed E-state index contributed by atoms with van der Waals surface area (Å²) >= 11 is 0. The molecule has 8 nitrogen and oxygen atoms in total. The van der Waals surface area contributed by atoms with Gasteiger partial charge in [0, 0.05) is 38.4 Å². The van der Waals surface area contributed by atoms with Gasteiger partial charge >= 0.3 is 12.0 Å². The minimum absolute atomic E-state index is 0.0954. The number of oxazole rings is 1. The number of hydrogen-bond donors (Lipinski definition) is 0. The molecule has 1 aromatic carbocycles. The van der Waals surface area contributed by atoms with E-state index in [-0.39, 0.29) is 11.4 Å². The van der Waals surface area contributed by atoms with Crippen molar-refractivity contribution in [1.82, 2.24) is 19.8 Å². The summed E-state index contributed by atoms with van der Waals surface area (Å²) in [7, 11) is 0. The van der Waals surface area contributed by atoms with Gasteiger partial charge in [-0.25, -0.2) is 14.2 Å². The number of amides is 2. The molecule has 0 N–H and O–H groups in total. The van der Waals surface area contributed by atoms with Gasteiger partial charge < -0.3 is 19.0 Å². The molecule has 0 spiro atoms. The van der Waals surface area contributed by atoms with Crippen molar-refractivity contribution < 1.29 is 23.1 Å². The maximum atomic E-state index is 13.2.